The Kier molecular flexibility index (Phi) is 18.5. The van der Waals surface area contributed by atoms with Crippen LogP contribution in [0.1, 0.15) is 0 Å². The Morgan fingerprint density at radius 2 is 0.700 bits per heavy atom. The fourth-order valence-corrected chi connectivity index (χ4v) is 26.6. The van der Waals surface area contributed by atoms with Crippen LogP contribution in [-0.4, -0.2) is 145 Å². The zero-order valence-electron chi connectivity index (χ0n) is 25.0. The molecule has 25 heteroatoms. The molecule has 17 nitrogen and oxygen atoms in total. The molecular formula is C15H44F2N2O15Si6. The van der Waals surface area contributed by atoms with Crippen LogP contribution in [-0.2, 0) is 65.5 Å². The second-order valence-corrected chi connectivity index (χ2v) is 25.8. The molecule has 0 aromatic rings. The smallest absolute Gasteiger partial charge is 0.377 e. The van der Waals surface area contributed by atoms with Crippen LogP contribution in [0.4, 0.5) is 8.87 Å². The van der Waals surface area contributed by atoms with Gasteiger partial charge in [0.2, 0.25) is 0 Å². The van der Waals surface area contributed by atoms with Gasteiger partial charge in [0.25, 0.3) is 0 Å². The van der Waals surface area contributed by atoms with E-state index in [2.05, 4.69) is 4.98 Å². The average Bonchev–Trinajstić information content (AvgIpc) is 3.01. The molecule has 1 unspecified atom stereocenters. The molecule has 0 heterocycles. The van der Waals surface area contributed by atoms with Gasteiger partial charge in [-0.05, 0) is 0 Å². The molecule has 0 bridgehead atoms. The summed E-state index contributed by atoms with van der Waals surface area (Å²) in [5.74, 6) is 0. The third-order valence-corrected chi connectivity index (χ3v) is 27.6. The zero-order valence-corrected chi connectivity index (χ0v) is 31.0. The Morgan fingerprint density at radius 1 is 0.425 bits per heavy atom. The summed E-state index contributed by atoms with van der Waals surface area (Å²) >= 11 is 0. The van der Waals surface area contributed by atoms with Crippen molar-refractivity contribution in [2.75, 3.05) is 92.1 Å². The van der Waals surface area contributed by atoms with Gasteiger partial charge in [0.1, 0.15) is 6.80 Å². The first-order valence-electron chi connectivity index (χ1n) is 11.3. The highest BCUT2D eigenvalue weighted by Gasteiger charge is 2.67. The van der Waals surface area contributed by atoms with Gasteiger partial charge in [-0.25, -0.2) is 9.37 Å². The molecule has 0 aliphatic carbocycles. The maximum Gasteiger partial charge on any atom is 0.610 e. The minimum Gasteiger partial charge on any atom is -0.377 e. The normalized spacial score (nSPS) is 15.4. The predicted molar refractivity (Wildman–Crippen MR) is 145 cm³/mol. The van der Waals surface area contributed by atoms with E-state index >= 15 is 0 Å². The number of hydrogen-bond donors (Lipinski definition) is 2. The minimum atomic E-state index is -4.66. The molecule has 40 heavy (non-hydrogen) atoms. The maximum atomic E-state index is 14.7. The lowest BCUT2D eigenvalue weighted by Crippen LogP contribution is -2.72. The van der Waals surface area contributed by atoms with Crippen LogP contribution in [0.5, 0.6) is 0 Å². The Morgan fingerprint density at radius 3 is 0.925 bits per heavy atom. The maximum absolute atomic E-state index is 14.7. The van der Waals surface area contributed by atoms with Crippen molar-refractivity contribution in [3.05, 3.63) is 0 Å². The van der Waals surface area contributed by atoms with E-state index in [-0.39, 0.29) is 11.3 Å². The highest BCUT2D eigenvalue weighted by Crippen LogP contribution is 2.32. The largest absolute Gasteiger partial charge is 0.610 e. The van der Waals surface area contributed by atoms with Crippen molar-refractivity contribution < 1.29 is 74.3 Å². The number of hydrogen-bond acceptors (Lipinski definition) is 17. The van der Waals surface area contributed by atoms with Gasteiger partial charge in [0.05, 0.1) is 11.3 Å². The Labute approximate surface area is 241 Å². The van der Waals surface area contributed by atoms with Crippen LogP contribution in [0, 0.1) is 0 Å². The molecule has 0 aliphatic heterocycles. The number of alkyl halides is 1. The summed E-state index contributed by atoms with van der Waals surface area (Å²) < 4.78 is 112. The minimum absolute atomic E-state index is 0.156. The molecular weight excluding hydrogens is 655 g/mol. The van der Waals surface area contributed by atoms with Crippen LogP contribution in [0.15, 0.2) is 0 Å². The van der Waals surface area contributed by atoms with E-state index in [1.165, 1.54) is 83.4 Å². The van der Waals surface area contributed by atoms with Crippen molar-refractivity contribution in [1.29, 1.82) is 0 Å². The Bertz CT molecular complexity index is 682. The van der Waals surface area contributed by atoms with Gasteiger partial charge in [-0.3, -0.25) is 0 Å². The number of halogens is 2. The van der Waals surface area contributed by atoms with Gasteiger partial charge in [0.15, 0.2) is 0 Å². The van der Waals surface area contributed by atoms with Gasteiger partial charge in [-0.15, -0.1) is 9.69 Å². The van der Waals surface area contributed by atoms with Crippen molar-refractivity contribution in [2.24, 2.45) is 0 Å². The van der Waals surface area contributed by atoms with Crippen molar-refractivity contribution in [2.45, 2.75) is 11.3 Å². The lowest BCUT2D eigenvalue weighted by atomic mass is 11.5. The van der Waals surface area contributed by atoms with Crippen LogP contribution < -0.4 is 10.2 Å². The Balaban J connectivity index is 6.66. The summed E-state index contributed by atoms with van der Waals surface area (Å²) in [6.45, 7) is -1.05. The van der Waals surface area contributed by atoms with Crippen LogP contribution >= 0.6 is 0 Å². The molecule has 0 aromatic heterocycles. The number of rotatable bonds is 25. The van der Waals surface area contributed by atoms with Crippen molar-refractivity contribution in [1.82, 2.24) is 10.2 Å². The van der Waals surface area contributed by atoms with E-state index in [4.69, 9.17) is 65.5 Å². The molecule has 0 amide bonds. The first-order chi connectivity index (χ1) is 18.9. The molecule has 0 saturated carbocycles. The average molecular weight is 699 g/mol. The molecule has 0 spiro atoms. The predicted octanol–water partition coefficient (Wildman–Crippen LogP) is -0.511. The van der Waals surface area contributed by atoms with Crippen molar-refractivity contribution in [3.63, 3.8) is 0 Å². The first-order valence-corrected chi connectivity index (χ1v) is 22.5. The van der Waals surface area contributed by atoms with Crippen molar-refractivity contribution in [3.8, 4) is 0 Å². The van der Waals surface area contributed by atoms with Crippen molar-refractivity contribution >= 4 is 53.1 Å². The van der Waals surface area contributed by atoms with Gasteiger partial charge >= 0.3 is 53.1 Å². The third-order valence-electron chi connectivity index (χ3n) is 5.74. The fraction of sp³-hybridized carbons (Fsp3) is 1.00. The van der Waals surface area contributed by atoms with E-state index in [1.807, 2.05) is 0 Å². The van der Waals surface area contributed by atoms with Crippen LogP contribution in [0.2, 0.25) is 11.3 Å². The summed E-state index contributed by atoms with van der Waals surface area (Å²) in [6.07, 6.45) is 0. The summed E-state index contributed by atoms with van der Waals surface area (Å²) in [6, 6.07) is 0. The van der Waals surface area contributed by atoms with Crippen LogP contribution in [0.3, 0.4) is 0 Å². The topological polar surface area (TPSA) is 163 Å². The molecule has 0 rings (SSSR count). The lowest BCUT2D eigenvalue weighted by Gasteiger charge is -2.42. The van der Waals surface area contributed by atoms with Gasteiger partial charge in [0, 0.05) is 85.3 Å². The van der Waals surface area contributed by atoms with Crippen LogP contribution in [0.25, 0.3) is 0 Å². The summed E-state index contributed by atoms with van der Waals surface area (Å²) in [5.41, 5.74) is -0.517. The van der Waals surface area contributed by atoms with Gasteiger partial charge in [-0.1, -0.05) is 0 Å². The molecule has 0 saturated heterocycles. The van der Waals surface area contributed by atoms with E-state index in [0.29, 0.717) is 0 Å². The van der Waals surface area contributed by atoms with E-state index < -0.39 is 59.9 Å². The van der Waals surface area contributed by atoms with E-state index in [9.17, 15) is 8.87 Å². The number of nitrogens with one attached hydrogen (secondary N) is 2. The summed E-state index contributed by atoms with van der Waals surface area (Å²) in [4.78, 5) is 2.40. The quantitative estimate of drug-likeness (QED) is 0.0712. The Hall–Kier alpha value is 0.481. The monoisotopic (exact) mass is 698 g/mol. The fourth-order valence-electron chi connectivity index (χ4n) is 3.26. The van der Waals surface area contributed by atoms with Gasteiger partial charge in [-0.2, -0.15) is 0 Å². The van der Waals surface area contributed by atoms with Gasteiger partial charge < -0.3 is 65.5 Å². The lowest BCUT2D eigenvalue weighted by molar-refractivity contribution is 0.0436. The highest BCUT2D eigenvalue weighted by atomic mass is 28.5. The SMILES string of the molecule is CO[Si](C[Si](OC)(OC)O[Si](NF)(OC)O[Si](C[Si](OC)(OC)O[Si](NCF)(OC)OC)(OC)OC)(OC)OC. The highest BCUT2D eigenvalue weighted by molar-refractivity contribution is 6.89. The molecule has 1 atom stereocenters. The molecule has 0 fully saturated rings. The second kappa shape index (κ2) is 18.3. The summed E-state index contributed by atoms with van der Waals surface area (Å²) in [7, 11) is -8.57. The molecule has 0 radical (unpaired) electrons. The molecule has 0 aliphatic rings. The first kappa shape index (κ1) is 40.5. The summed E-state index contributed by atoms with van der Waals surface area (Å²) in [5, 5.41) is 1.47. The molecule has 2 N–H and O–H groups in total. The van der Waals surface area contributed by atoms with E-state index in [1.54, 1.807) is 0 Å². The molecule has 0 aromatic carbocycles. The van der Waals surface area contributed by atoms with E-state index in [0.717, 1.165) is 7.11 Å². The zero-order chi connectivity index (χ0) is 31.1. The standard InChI is InChI=1S/C15H44F2N2O15Si6/c1-20-35(21-2,22-3)14-36(23-4,24-5)33-40(19-17,31-12)34-38(27-8,28-9)15-37(25-6,26-7)32-39(29-10,30-11)18-13-16/h18-19H,13-15H2,1-12H3. The second-order valence-electron chi connectivity index (χ2n) is 7.36. The third kappa shape index (κ3) is 10.0. The molecule has 242 valence electrons.